The van der Waals surface area contributed by atoms with Crippen molar-refractivity contribution in [2.75, 3.05) is 0 Å². The summed E-state index contributed by atoms with van der Waals surface area (Å²) in [6.07, 6.45) is 3.36. The molecule has 2 rings (SSSR count). The van der Waals surface area contributed by atoms with E-state index in [1.807, 2.05) is 11.6 Å². The van der Waals surface area contributed by atoms with Gasteiger partial charge < -0.3 is 14.4 Å². The molecule has 1 N–H and O–H groups in total. The van der Waals surface area contributed by atoms with Crippen molar-refractivity contribution >= 4 is 0 Å². The summed E-state index contributed by atoms with van der Waals surface area (Å²) in [4.78, 5) is 3.95. The second-order valence-corrected chi connectivity index (χ2v) is 3.74. The standard InChI is InChI=1S/C12H13FN2O2/c1-15-8-14-5-11(15)7-17-12-3-9(6-16)2-10(13)4-12/h2-5,8,16H,6-7H2,1H3. The summed E-state index contributed by atoms with van der Waals surface area (Å²) >= 11 is 0. The van der Waals surface area contributed by atoms with Crippen LogP contribution in [-0.2, 0) is 20.3 Å². The van der Waals surface area contributed by atoms with Crippen LogP contribution in [0, 0.1) is 5.82 Å². The summed E-state index contributed by atoms with van der Waals surface area (Å²) in [6, 6.07) is 4.17. The first-order valence-corrected chi connectivity index (χ1v) is 5.17. The van der Waals surface area contributed by atoms with E-state index in [0.717, 1.165) is 5.69 Å². The summed E-state index contributed by atoms with van der Waals surface area (Å²) in [6.45, 7) is 0.102. The van der Waals surface area contributed by atoms with Crippen molar-refractivity contribution in [2.45, 2.75) is 13.2 Å². The number of aromatic nitrogens is 2. The van der Waals surface area contributed by atoms with Crippen molar-refractivity contribution in [1.82, 2.24) is 9.55 Å². The average molecular weight is 236 g/mol. The molecule has 0 saturated heterocycles. The molecule has 0 aliphatic heterocycles. The molecule has 2 aromatic rings. The fourth-order valence-corrected chi connectivity index (χ4v) is 1.48. The lowest BCUT2D eigenvalue weighted by Gasteiger charge is -2.08. The normalized spacial score (nSPS) is 10.5. The predicted molar refractivity (Wildman–Crippen MR) is 59.9 cm³/mol. The van der Waals surface area contributed by atoms with E-state index in [-0.39, 0.29) is 6.61 Å². The van der Waals surface area contributed by atoms with E-state index in [9.17, 15) is 4.39 Å². The number of hydrogen-bond donors (Lipinski definition) is 1. The maximum Gasteiger partial charge on any atom is 0.130 e. The molecule has 1 aromatic heterocycles. The van der Waals surface area contributed by atoms with Crippen LogP contribution in [0.25, 0.3) is 0 Å². The molecule has 0 bridgehead atoms. The van der Waals surface area contributed by atoms with Gasteiger partial charge in [0.05, 0.1) is 24.8 Å². The Labute approximate surface area is 98.3 Å². The number of nitrogens with zero attached hydrogens (tertiary/aromatic N) is 2. The summed E-state index contributed by atoms with van der Waals surface area (Å²) in [5, 5.41) is 8.95. The van der Waals surface area contributed by atoms with E-state index in [0.29, 0.717) is 17.9 Å². The number of aliphatic hydroxyl groups is 1. The van der Waals surface area contributed by atoms with E-state index >= 15 is 0 Å². The first kappa shape index (κ1) is 11.6. The molecule has 0 radical (unpaired) electrons. The van der Waals surface area contributed by atoms with Gasteiger partial charge in [0.2, 0.25) is 0 Å². The zero-order valence-electron chi connectivity index (χ0n) is 9.43. The molecule has 5 heteroatoms. The number of rotatable bonds is 4. The number of imidazole rings is 1. The second-order valence-electron chi connectivity index (χ2n) is 3.74. The summed E-state index contributed by atoms with van der Waals surface area (Å²) < 4.78 is 20.4. The summed E-state index contributed by atoms with van der Waals surface area (Å²) in [5.41, 5.74) is 1.38. The topological polar surface area (TPSA) is 47.3 Å². The van der Waals surface area contributed by atoms with Crippen molar-refractivity contribution < 1.29 is 14.2 Å². The van der Waals surface area contributed by atoms with Gasteiger partial charge in [-0.05, 0) is 17.7 Å². The highest BCUT2D eigenvalue weighted by atomic mass is 19.1. The van der Waals surface area contributed by atoms with Crippen LogP contribution in [0.15, 0.2) is 30.7 Å². The molecule has 4 nitrogen and oxygen atoms in total. The van der Waals surface area contributed by atoms with Crippen LogP contribution in [0.3, 0.4) is 0 Å². The maximum atomic E-state index is 13.2. The molecule has 0 aliphatic rings. The summed E-state index contributed by atoms with van der Waals surface area (Å²) in [5.74, 6) is -0.0215. The molecule has 0 unspecified atom stereocenters. The van der Waals surface area contributed by atoms with E-state index < -0.39 is 5.82 Å². The Hall–Kier alpha value is -1.88. The van der Waals surface area contributed by atoms with Crippen molar-refractivity contribution in [3.63, 3.8) is 0 Å². The van der Waals surface area contributed by atoms with Gasteiger partial charge in [0.1, 0.15) is 18.2 Å². The minimum absolute atomic E-state index is 0.209. The van der Waals surface area contributed by atoms with Crippen molar-refractivity contribution in [3.05, 3.63) is 47.8 Å². The van der Waals surface area contributed by atoms with Gasteiger partial charge in [0.25, 0.3) is 0 Å². The highest BCUT2D eigenvalue weighted by Crippen LogP contribution is 2.17. The third kappa shape index (κ3) is 2.82. The fraction of sp³-hybridized carbons (Fsp3) is 0.250. The first-order chi connectivity index (χ1) is 8.19. The number of ether oxygens (including phenoxy) is 1. The summed E-state index contributed by atoms with van der Waals surface area (Å²) in [7, 11) is 1.86. The number of hydrogen-bond acceptors (Lipinski definition) is 3. The number of aliphatic hydroxyl groups excluding tert-OH is 1. The van der Waals surface area contributed by atoms with Gasteiger partial charge in [-0.25, -0.2) is 9.37 Å². The molecule has 0 spiro atoms. The Morgan fingerprint density at radius 2 is 2.24 bits per heavy atom. The molecule has 17 heavy (non-hydrogen) atoms. The van der Waals surface area contributed by atoms with Crippen LogP contribution in [-0.4, -0.2) is 14.7 Å². The number of benzene rings is 1. The number of aryl methyl sites for hydroxylation is 1. The number of halogens is 1. The van der Waals surface area contributed by atoms with Gasteiger partial charge >= 0.3 is 0 Å². The minimum Gasteiger partial charge on any atom is -0.487 e. The van der Waals surface area contributed by atoms with Crippen LogP contribution >= 0.6 is 0 Å². The van der Waals surface area contributed by atoms with E-state index in [1.54, 1.807) is 18.6 Å². The maximum absolute atomic E-state index is 13.2. The minimum atomic E-state index is -0.420. The molecular weight excluding hydrogens is 223 g/mol. The molecule has 0 amide bonds. The molecule has 1 aromatic carbocycles. The third-order valence-corrected chi connectivity index (χ3v) is 2.42. The zero-order chi connectivity index (χ0) is 12.3. The van der Waals surface area contributed by atoms with Gasteiger partial charge in [-0.1, -0.05) is 0 Å². The van der Waals surface area contributed by atoms with Gasteiger partial charge in [-0.3, -0.25) is 0 Å². The predicted octanol–water partition coefficient (Wildman–Crippen LogP) is 1.63. The van der Waals surface area contributed by atoms with Gasteiger partial charge in [0, 0.05) is 13.1 Å². The SMILES string of the molecule is Cn1cncc1COc1cc(F)cc(CO)c1. The largest absolute Gasteiger partial charge is 0.487 e. The quantitative estimate of drug-likeness (QED) is 0.877. The molecule has 1 heterocycles. The van der Waals surface area contributed by atoms with E-state index in [2.05, 4.69) is 4.98 Å². The van der Waals surface area contributed by atoms with Gasteiger partial charge in [-0.15, -0.1) is 0 Å². The van der Waals surface area contributed by atoms with Gasteiger partial charge in [-0.2, -0.15) is 0 Å². The zero-order valence-corrected chi connectivity index (χ0v) is 9.43. The molecule has 90 valence electrons. The Balaban J connectivity index is 2.09. The lowest BCUT2D eigenvalue weighted by molar-refractivity contribution is 0.275. The van der Waals surface area contributed by atoms with Crippen LogP contribution in [0.4, 0.5) is 4.39 Å². The van der Waals surface area contributed by atoms with Crippen LogP contribution in [0.1, 0.15) is 11.3 Å². The smallest absolute Gasteiger partial charge is 0.130 e. The van der Waals surface area contributed by atoms with Crippen LogP contribution in [0.2, 0.25) is 0 Å². The second kappa shape index (κ2) is 4.97. The Bertz CT molecular complexity index is 511. The molecular formula is C12H13FN2O2. The Kier molecular flexibility index (Phi) is 3.39. The van der Waals surface area contributed by atoms with Gasteiger partial charge in [0.15, 0.2) is 0 Å². The average Bonchev–Trinajstić information content (AvgIpc) is 2.71. The Morgan fingerprint density at radius 1 is 1.41 bits per heavy atom. The van der Waals surface area contributed by atoms with Crippen molar-refractivity contribution in [1.29, 1.82) is 0 Å². The lowest BCUT2D eigenvalue weighted by atomic mass is 10.2. The molecule has 0 fully saturated rings. The Morgan fingerprint density at radius 3 is 2.88 bits per heavy atom. The molecule has 0 aliphatic carbocycles. The molecule has 0 saturated carbocycles. The molecule has 0 atom stereocenters. The van der Waals surface area contributed by atoms with Crippen LogP contribution in [0.5, 0.6) is 5.75 Å². The van der Waals surface area contributed by atoms with E-state index in [1.165, 1.54) is 12.1 Å². The lowest BCUT2D eigenvalue weighted by Crippen LogP contribution is -2.01. The van der Waals surface area contributed by atoms with E-state index in [4.69, 9.17) is 9.84 Å². The highest BCUT2D eigenvalue weighted by molar-refractivity contribution is 5.29. The van der Waals surface area contributed by atoms with Crippen molar-refractivity contribution in [3.8, 4) is 5.75 Å². The first-order valence-electron chi connectivity index (χ1n) is 5.17. The van der Waals surface area contributed by atoms with Crippen LogP contribution < -0.4 is 4.74 Å². The monoisotopic (exact) mass is 236 g/mol. The van der Waals surface area contributed by atoms with Crippen molar-refractivity contribution in [2.24, 2.45) is 7.05 Å². The fourth-order valence-electron chi connectivity index (χ4n) is 1.48. The third-order valence-electron chi connectivity index (χ3n) is 2.42. The highest BCUT2D eigenvalue weighted by Gasteiger charge is 2.03.